The molecule has 0 aliphatic rings. The van der Waals surface area contributed by atoms with Crippen molar-refractivity contribution in [3.05, 3.63) is 58.6 Å². The molecule has 0 aliphatic heterocycles. The highest BCUT2D eigenvalue weighted by atomic mass is 33.1. The van der Waals surface area contributed by atoms with Gasteiger partial charge in [-0.1, -0.05) is 12.1 Å². The van der Waals surface area contributed by atoms with E-state index in [9.17, 15) is 23.3 Å². The van der Waals surface area contributed by atoms with Crippen LogP contribution in [0.4, 0.5) is 11.4 Å². The Bertz CT molecular complexity index is 848. The molecule has 0 heterocycles. The highest BCUT2D eigenvalue weighted by Gasteiger charge is 2.22. The fraction of sp³-hybridized carbons (Fsp3) is 0.0714. The molecule has 0 saturated carbocycles. The van der Waals surface area contributed by atoms with Gasteiger partial charge in [-0.05, 0) is 30.3 Å². The van der Waals surface area contributed by atoms with Crippen molar-refractivity contribution in [2.24, 2.45) is 0 Å². The summed E-state index contributed by atoms with van der Waals surface area (Å²) in [6, 6.07) is 11.2. The fourth-order valence-electron chi connectivity index (χ4n) is 1.75. The average Bonchev–Trinajstić information content (AvgIpc) is 2.47. The van der Waals surface area contributed by atoms with Gasteiger partial charge in [0, 0.05) is 29.5 Å². The number of anilines is 1. The third kappa shape index (κ3) is 4.30. The summed E-state index contributed by atoms with van der Waals surface area (Å²) in [4.78, 5) is 21.3. The van der Waals surface area contributed by atoms with E-state index in [4.69, 9.17) is 0 Å². The second kappa shape index (κ2) is 6.80. The van der Waals surface area contributed by atoms with Crippen molar-refractivity contribution < 1.29 is 18.1 Å². The lowest BCUT2D eigenvalue weighted by molar-refractivity contribution is -0.387. The van der Waals surface area contributed by atoms with Gasteiger partial charge in [-0.2, -0.15) is 0 Å². The molecule has 9 heteroatoms. The van der Waals surface area contributed by atoms with Crippen LogP contribution in [0.1, 0.15) is 6.92 Å². The van der Waals surface area contributed by atoms with Crippen molar-refractivity contribution in [1.82, 2.24) is 0 Å². The quantitative estimate of drug-likeness (QED) is 0.503. The summed E-state index contributed by atoms with van der Waals surface area (Å²) in [5, 5.41) is 13.5. The molecule has 0 saturated heterocycles. The molecule has 0 bridgehead atoms. The number of rotatable bonds is 5. The predicted molar refractivity (Wildman–Crippen MR) is 86.9 cm³/mol. The minimum Gasteiger partial charge on any atom is -0.326 e. The first-order valence-corrected chi connectivity index (χ1v) is 9.17. The van der Waals surface area contributed by atoms with Crippen LogP contribution in [-0.4, -0.2) is 19.2 Å². The van der Waals surface area contributed by atoms with Crippen molar-refractivity contribution >= 4 is 36.9 Å². The standard InChI is InChI=1S/C14H12N2O5S2/c1-10(17)15-11-6-8-12(9-7-11)23(20,21)22-14-5-3-2-4-13(14)16(18)19/h2-9H,1H3,(H,15,17). The molecule has 120 valence electrons. The lowest BCUT2D eigenvalue weighted by Crippen LogP contribution is -2.05. The summed E-state index contributed by atoms with van der Waals surface area (Å²) in [5.41, 5.74) is 0.197. The zero-order valence-corrected chi connectivity index (χ0v) is 13.6. The fourth-order valence-corrected chi connectivity index (χ4v) is 4.67. The van der Waals surface area contributed by atoms with E-state index in [1.54, 1.807) is 0 Å². The van der Waals surface area contributed by atoms with Crippen LogP contribution >= 0.6 is 10.8 Å². The number of carbonyl (C=O) groups is 1. The summed E-state index contributed by atoms with van der Waals surface area (Å²) in [6.45, 7) is 1.34. The number of nitro benzene ring substituents is 1. The Balaban J connectivity index is 2.29. The molecule has 0 radical (unpaired) electrons. The van der Waals surface area contributed by atoms with Gasteiger partial charge in [-0.25, -0.2) is 8.42 Å². The van der Waals surface area contributed by atoms with Crippen LogP contribution in [-0.2, 0) is 13.7 Å². The zero-order chi connectivity index (χ0) is 17.0. The van der Waals surface area contributed by atoms with E-state index in [0.717, 1.165) is 0 Å². The van der Waals surface area contributed by atoms with Gasteiger partial charge >= 0.3 is 0 Å². The first kappa shape index (κ1) is 17.0. The maximum Gasteiger partial charge on any atom is 0.283 e. The van der Waals surface area contributed by atoms with E-state index in [-0.39, 0.29) is 21.4 Å². The highest BCUT2D eigenvalue weighted by molar-refractivity contribution is 8.72. The highest BCUT2D eigenvalue weighted by Crippen LogP contribution is 2.36. The third-order valence-electron chi connectivity index (χ3n) is 2.72. The molecule has 1 N–H and O–H groups in total. The molecular formula is C14H12N2O5S2. The molecule has 0 atom stereocenters. The van der Waals surface area contributed by atoms with Gasteiger partial charge in [-0.15, -0.1) is 0 Å². The van der Waals surface area contributed by atoms with Gasteiger partial charge in [-0.3, -0.25) is 14.9 Å². The van der Waals surface area contributed by atoms with Crippen molar-refractivity contribution in [3.63, 3.8) is 0 Å². The van der Waals surface area contributed by atoms with E-state index < -0.39 is 13.8 Å². The summed E-state index contributed by atoms with van der Waals surface area (Å²) >= 11 is 0. The Labute approximate surface area is 136 Å². The van der Waals surface area contributed by atoms with Crippen LogP contribution in [0.15, 0.2) is 58.3 Å². The average molecular weight is 352 g/mol. The number of amides is 1. The number of nitrogens with one attached hydrogen (secondary N) is 1. The first-order valence-electron chi connectivity index (χ1n) is 6.35. The number of nitro groups is 1. The SMILES string of the molecule is CC(=O)Nc1ccc(S(=O)(=O)Sc2ccccc2[N+](=O)[O-])cc1. The zero-order valence-electron chi connectivity index (χ0n) is 11.9. The maximum atomic E-state index is 12.4. The summed E-state index contributed by atoms with van der Waals surface area (Å²) in [6.07, 6.45) is 0. The minimum absolute atomic E-state index is 0.00486. The molecule has 0 unspecified atom stereocenters. The number of benzene rings is 2. The van der Waals surface area contributed by atoms with Crippen molar-refractivity contribution in [3.8, 4) is 0 Å². The largest absolute Gasteiger partial charge is 0.326 e. The second-order valence-electron chi connectivity index (χ2n) is 4.47. The van der Waals surface area contributed by atoms with Gasteiger partial charge in [0.05, 0.1) is 9.82 Å². The van der Waals surface area contributed by atoms with E-state index in [0.29, 0.717) is 16.5 Å². The molecule has 0 aliphatic carbocycles. The Kier molecular flexibility index (Phi) is 5.02. The Morgan fingerprint density at radius 2 is 1.74 bits per heavy atom. The van der Waals surface area contributed by atoms with Gasteiger partial charge in [0.25, 0.3) is 5.69 Å². The molecule has 23 heavy (non-hydrogen) atoms. The third-order valence-corrected chi connectivity index (χ3v) is 6.09. The summed E-state index contributed by atoms with van der Waals surface area (Å²) in [5.74, 6) is -0.269. The van der Waals surface area contributed by atoms with Gasteiger partial charge in [0.2, 0.25) is 14.8 Å². The van der Waals surface area contributed by atoms with Crippen LogP contribution < -0.4 is 5.32 Å². The van der Waals surface area contributed by atoms with E-state index in [2.05, 4.69) is 5.32 Å². The normalized spacial score (nSPS) is 11.0. The predicted octanol–water partition coefficient (Wildman–Crippen LogP) is 3.03. The molecule has 2 rings (SSSR count). The molecule has 1 amide bonds. The van der Waals surface area contributed by atoms with Crippen molar-refractivity contribution in [2.75, 3.05) is 5.32 Å². The van der Waals surface area contributed by atoms with E-state index >= 15 is 0 Å². The molecule has 0 fully saturated rings. The lowest BCUT2D eigenvalue weighted by Gasteiger charge is -2.06. The number of para-hydroxylation sites is 1. The smallest absolute Gasteiger partial charge is 0.283 e. The van der Waals surface area contributed by atoms with E-state index in [1.807, 2.05) is 0 Å². The van der Waals surface area contributed by atoms with Gasteiger partial charge < -0.3 is 5.32 Å². The van der Waals surface area contributed by atoms with Gasteiger partial charge in [0.1, 0.15) is 4.90 Å². The Morgan fingerprint density at radius 3 is 2.30 bits per heavy atom. The Hall–Kier alpha value is -2.39. The Morgan fingerprint density at radius 1 is 1.13 bits per heavy atom. The monoisotopic (exact) mass is 352 g/mol. The summed E-state index contributed by atoms with van der Waals surface area (Å²) in [7, 11) is -3.40. The minimum atomic E-state index is -3.82. The number of hydrogen-bond acceptors (Lipinski definition) is 6. The van der Waals surface area contributed by atoms with Crippen LogP contribution in [0.5, 0.6) is 0 Å². The molecule has 0 aromatic heterocycles. The molecular weight excluding hydrogens is 340 g/mol. The van der Waals surface area contributed by atoms with Crippen LogP contribution in [0.2, 0.25) is 0 Å². The van der Waals surface area contributed by atoms with Crippen molar-refractivity contribution in [1.29, 1.82) is 0 Å². The molecule has 0 spiro atoms. The van der Waals surface area contributed by atoms with Crippen molar-refractivity contribution in [2.45, 2.75) is 16.7 Å². The maximum absolute atomic E-state index is 12.4. The number of nitrogens with zero attached hydrogens (tertiary/aromatic N) is 1. The lowest BCUT2D eigenvalue weighted by atomic mass is 10.3. The molecule has 2 aromatic carbocycles. The molecule has 7 nitrogen and oxygen atoms in total. The first-order chi connectivity index (χ1) is 10.8. The van der Waals surface area contributed by atoms with Gasteiger partial charge in [0.15, 0.2) is 0 Å². The number of carbonyl (C=O) groups excluding carboxylic acids is 1. The summed E-state index contributed by atoms with van der Waals surface area (Å²) < 4.78 is 24.7. The molecule has 2 aromatic rings. The van der Waals surface area contributed by atoms with Crippen LogP contribution in [0.3, 0.4) is 0 Å². The van der Waals surface area contributed by atoms with Crippen LogP contribution in [0.25, 0.3) is 0 Å². The van der Waals surface area contributed by atoms with E-state index in [1.165, 1.54) is 55.5 Å². The topological polar surface area (TPSA) is 106 Å². The second-order valence-corrected chi connectivity index (χ2v) is 8.27. The number of hydrogen-bond donors (Lipinski definition) is 1. The van der Waals surface area contributed by atoms with Crippen LogP contribution in [0, 0.1) is 10.1 Å².